The number of halogens is 1. The van der Waals surface area contributed by atoms with E-state index >= 15 is 0 Å². The van der Waals surface area contributed by atoms with Crippen molar-refractivity contribution in [3.8, 4) is 5.75 Å². The van der Waals surface area contributed by atoms with E-state index in [2.05, 4.69) is 0 Å². The molecule has 5 nitrogen and oxygen atoms in total. The number of fused-ring (bicyclic) bond motifs is 1. The quantitative estimate of drug-likeness (QED) is 0.674. The van der Waals surface area contributed by atoms with Crippen LogP contribution in [0.4, 0.5) is 0 Å². The van der Waals surface area contributed by atoms with Crippen LogP contribution in [-0.2, 0) is 0 Å². The molecule has 0 radical (unpaired) electrons. The van der Waals surface area contributed by atoms with E-state index in [-0.39, 0.29) is 39.2 Å². The number of aromatic nitrogens is 2. The van der Waals surface area contributed by atoms with Crippen molar-refractivity contribution in [1.29, 1.82) is 0 Å². The Labute approximate surface area is 170 Å². The van der Waals surface area contributed by atoms with E-state index in [4.69, 9.17) is 11.6 Å². The van der Waals surface area contributed by atoms with Gasteiger partial charge in [-0.1, -0.05) is 29.4 Å². The summed E-state index contributed by atoms with van der Waals surface area (Å²) in [7, 11) is 0. The zero-order valence-electron chi connectivity index (χ0n) is 15.3. The van der Waals surface area contributed by atoms with E-state index in [0.29, 0.717) is 10.5 Å². The van der Waals surface area contributed by atoms with Gasteiger partial charge in [-0.2, -0.15) is 0 Å². The van der Waals surface area contributed by atoms with Gasteiger partial charge in [-0.15, -0.1) is 0 Å². The molecule has 0 spiro atoms. The SMILES string of the molecule is Cc1cc2c(c(O)c(Sc3cccc(Cl)c3)c(=O)n2C2CC2)c(=O)n1C1CC1. The number of hydrogen-bond donors (Lipinski definition) is 1. The van der Waals surface area contributed by atoms with Crippen molar-refractivity contribution in [2.45, 2.75) is 54.5 Å². The van der Waals surface area contributed by atoms with Crippen LogP contribution in [-0.4, -0.2) is 14.2 Å². The lowest BCUT2D eigenvalue weighted by atomic mass is 10.2. The van der Waals surface area contributed by atoms with Gasteiger partial charge < -0.3 is 14.2 Å². The number of hydrogen-bond acceptors (Lipinski definition) is 4. The van der Waals surface area contributed by atoms with E-state index in [1.165, 1.54) is 0 Å². The third kappa shape index (κ3) is 2.86. The summed E-state index contributed by atoms with van der Waals surface area (Å²) in [6, 6.07) is 9.29. The second-order valence-electron chi connectivity index (χ2n) is 7.60. The predicted molar refractivity (Wildman–Crippen MR) is 111 cm³/mol. The van der Waals surface area contributed by atoms with Gasteiger partial charge in [-0.05, 0) is 56.9 Å². The van der Waals surface area contributed by atoms with Crippen molar-refractivity contribution in [3.05, 3.63) is 61.8 Å². The van der Waals surface area contributed by atoms with Gasteiger partial charge in [0.1, 0.15) is 16.0 Å². The fourth-order valence-electron chi connectivity index (χ4n) is 3.80. The molecule has 0 atom stereocenters. The molecule has 2 saturated carbocycles. The molecule has 5 rings (SSSR count). The molecule has 0 saturated heterocycles. The molecule has 0 aliphatic heterocycles. The summed E-state index contributed by atoms with van der Waals surface area (Å²) in [6.07, 6.45) is 3.76. The van der Waals surface area contributed by atoms with E-state index in [1.807, 2.05) is 19.1 Å². The van der Waals surface area contributed by atoms with Crippen molar-refractivity contribution in [3.63, 3.8) is 0 Å². The van der Waals surface area contributed by atoms with E-state index in [1.54, 1.807) is 27.3 Å². The Morgan fingerprint density at radius 3 is 2.36 bits per heavy atom. The highest BCUT2D eigenvalue weighted by molar-refractivity contribution is 7.99. The van der Waals surface area contributed by atoms with Gasteiger partial charge in [0.25, 0.3) is 11.1 Å². The first-order valence-corrected chi connectivity index (χ1v) is 10.6. The number of benzene rings is 1. The van der Waals surface area contributed by atoms with Crippen LogP contribution in [0, 0.1) is 6.92 Å². The maximum atomic E-state index is 13.3. The van der Waals surface area contributed by atoms with Crippen LogP contribution in [0.3, 0.4) is 0 Å². The highest BCUT2D eigenvalue weighted by atomic mass is 35.5. The summed E-state index contributed by atoms with van der Waals surface area (Å²) >= 11 is 7.23. The van der Waals surface area contributed by atoms with Crippen molar-refractivity contribution in [2.24, 2.45) is 0 Å². The first-order valence-electron chi connectivity index (χ1n) is 9.42. The Kier molecular flexibility index (Phi) is 4.10. The lowest BCUT2D eigenvalue weighted by Crippen LogP contribution is -2.27. The molecule has 2 aliphatic carbocycles. The number of rotatable bonds is 4. The molecule has 3 aromatic rings. The Balaban J connectivity index is 1.81. The average molecular weight is 415 g/mol. The lowest BCUT2D eigenvalue weighted by molar-refractivity contribution is 0.462. The molecule has 1 N–H and O–H groups in total. The van der Waals surface area contributed by atoms with Crippen molar-refractivity contribution in [2.75, 3.05) is 0 Å². The molecule has 0 amide bonds. The summed E-state index contributed by atoms with van der Waals surface area (Å²) in [4.78, 5) is 27.5. The lowest BCUT2D eigenvalue weighted by Gasteiger charge is -2.17. The molecule has 0 bridgehead atoms. The van der Waals surface area contributed by atoms with Gasteiger partial charge in [-0.3, -0.25) is 9.59 Å². The minimum Gasteiger partial charge on any atom is -0.506 e. The molecule has 7 heteroatoms. The molecular weight excluding hydrogens is 396 g/mol. The number of aryl methyl sites for hydroxylation is 1. The van der Waals surface area contributed by atoms with Crippen LogP contribution in [0.5, 0.6) is 5.75 Å². The van der Waals surface area contributed by atoms with Crippen molar-refractivity contribution in [1.82, 2.24) is 9.13 Å². The largest absolute Gasteiger partial charge is 0.506 e. The average Bonchev–Trinajstić information content (AvgIpc) is 3.52. The van der Waals surface area contributed by atoms with Crippen molar-refractivity contribution < 1.29 is 5.11 Å². The predicted octanol–water partition coefficient (Wildman–Crippen LogP) is 4.65. The molecule has 2 heterocycles. The van der Waals surface area contributed by atoms with Crippen LogP contribution in [0.15, 0.2) is 49.7 Å². The van der Waals surface area contributed by atoms with Gasteiger partial charge in [0, 0.05) is 27.7 Å². The monoisotopic (exact) mass is 414 g/mol. The number of nitrogens with zero attached hydrogens (tertiary/aromatic N) is 2. The normalized spacial score (nSPS) is 16.6. The van der Waals surface area contributed by atoms with E-state index in [9.17, 15) is 14.7 Å². The molecule has 2 aliphatic rings. The maximum absolute atomic E-state index is 13.3. The Morgan fingerprint density at radius 1 is 1.04 bits per heavy atom. The molecular formula is C21H19ClN2O3S. The van der Waals surface area contributed by atoms with Gasteiger partial charge in [0.05, 0.1) is 5.52 Å². The fraction of sp³-hybridized carbons (Fsp3) is 0.333. The molecule has 144 valence electrons. The number of aromatic hydroxyl groups is 1. The second kappa shape index (κ2) is 6.42. The summed E-state index contributed by atoms with van der Waals surface area (Å²) < 4.78 is 3.46. The fourth-order valence-corrected chi connectivity index (χ4v) is 5.01. The first-order chi connectivity index (χ1) is 13.5. The smallest absolute Gasteiger partial charge is 0.269 e. The Morgan fingerprint density at radius 2 is 1.71 bits per heavy atom. The minimum absolute atomic E-state index is 0.0879. The van der Waals surface area contributed by atoms with Crippen LogP contribution in [0.25, 0.3) is 10.9 Å². The van der Waals surface area contributed by atoms with Gasteiger partial charge in [-0.25, -0.2) is 0 Å². The molecule has 2 aromatic heterocycles. The topological polar surface area (TPSA) is 64.2 Å². The summed E-state index contributed by atoms with van der Waals surface area (Å²) in [5.74, 6) is -0.221. The van der Waals surface area contributed by atoms with Gasteiger partial charge in [0.2, 0.25) is 0 Å². The molecule has 28 heavy (non-hydrogen) atoms. The van der Waals surface area contributed by atoms with Gasteiger partial charge >= 0.3 is 0 Å². The standard InChI is InChI=1S/C21H19ClN2O3S/c1-11-9-16-17(20(26)23(11)13-5-6-13)18(25)19(21(27)24(16)14-7-8-14)28-15-4-2-3-12(22)10-15/h2-4,9-10,13-14,25H,5-8H2,1H3. The summed E-state index contributed by atoms with van der Waals surface area (Å²) in [5.41, 5.74) is 0.918. The van der Waals surface area contributed by atoms with Gasteiger partial charge in [0.15, 0.2) is 0 Å². The highest BCUT2D eigenvalue weighted by Gasteiger charge is 2.33. The third-order valence-electron chi connectivity index (χ3n) is 5.38. The zero-order valence-corrected chi connectivity index (χ0v) is 16.9. The number of pyridine rings is 2. The first kappa shape index (κ1) is 17.9. The van der Waals surface area contributed by atoms with Crippen LogP contribution >= 0.6 is 23.4 Å². The van der Waals surface area contributed by atoms with E-state index in [0.717, 1.165) is 48.0 Å². The van der Waals surface area contributed by atoms with Crippen LogP contribution in [0.2, 0.25) is 5.02 Å². The zero-order chi connectivity index (χ0) is 19.6. The summed E-state index contributed by atoms with van der Waals surface area (Å²) in [6.45, 7) is 1.90. The Hall–Kier alpha value is -2.18. The molecule has 2 fully saturated rings. The molecule has 0 unspecified atom stereocenters. The maximum Gasteiger partial charge on any atom is 0.269 e. The Bertz CT molecular complexity index is 1240. The second-order valence-corrected chi connectivity index (χ2v) is 9.12. The molecule has 1 aromatic carbocycles. The van der Waals surface area contributed by atoms with Crippen LogP contribution in [0.1, 0.15) is 43.5 Å². The minimum atomic E-state index is -0.250. The highest BCUT2D eigenvalue weighted by Crippen LogP contribution is 2.42. The van der Waals surface area contributed by atoms with Crippen LogP contribution < -0.4 is 11.1 Å². The summed E-state index contributed by atoms with van der Waals surface area (Å²) in [5, 5.41) is 11.8. The van der Waals surface area contributed by atoms with E-state index < -0.39 is 0 Å². The third-order valence-corrected chi connectivity index (χ3v) is 6.68. The van der Waals surface area contributed by atoms with Crippen molar-refractivity contribution >= 4 is 34.3 Å².